The molecular formula is C15H24N4O2. The Morgan fingerprint density at radius 2 is 2.19 bits per heavy atom. The van der Waals surface area contributed by atoms with Gasteiger partial charge in [0, 0.05) is 32.0 Å². The summed E-state index contributed by atoms with van der Waals surface area (Å²) in [6, 6.07) is 2.14. The van der Waals surface area contributed by atoms with E-state index in [1.807, 2.05) is 20.0 Å². The lowest BCUT2D eigenvalue weighted by atomic mass is 10.1. The number of anilines is 2. The van der Waals surface area contributed by atoms with Crippen LogP contribution in [0.15, 0.2) is 6.07 Å². The predicted molar refractivity (Wildman–Crippen MR) is 81.6 cm³/mol. The van der Waals surface area contributed by atoms with E-state index in [2.05, 4.69) is 20.6 Å². The summed E-state index contributed by atoms with van der Waals surface area (Å²) >= 11 is 0. The van der Waals surface area contributed by atoms with E-state index in [-0.39, 0.29) is 12.1 Å². The Morgan fingerprint density at radius 1 is 1.33 bits per heavy atom. The van der Waals surface area contributed by atoms with Crippen LogP contribution in [0.5, 0.6) is 0 Å². The van der Waals surface area contributed by atoms with Gasteiger partial charge in [0.2, 0.25) is 5.95 Å². The molecule has 6 heteroatoms. The molecule has 2 aliphatic rings. The van der Waals surface area contributed by atoms with E-state index in [1.165, 1.54) is 12.8 Å². The SMILES string of the molecule is CNc1cc(C)nc(N[C@@H]2CCOC[C@H]2OCC2CC2)n1. The van der Waals surface area contributed by atoms with Crippen molar-refractivity contribution in [3.63, 3.8) is 0 Å². The lowest BCUT2D eigenvalue weighted by Crippen LogP contribution is -2.44. The molecule has 0 aromatic carbocycles. The third-order valence-electron chi connectivity index (χ3n) is 3.97. The fourth-order valence-electron chi connectivity index (χ4n) is 2.51. The summed E-state index contributed by atoms with van der Waals surface area (Å²) < 4.78 is 11.6. The normalized spacial score (nSPS) is 25.6. The van der Waals surface area contributed by atoms with Crippen molar-refractivity contribution < 1.29 is 9.47 Å². The van der Waals surface area contributed by atoms with Crippen molar-refractivity contribution in [3.8, 4) is 0 Å². The van der Waals surface area contributed by atoms with Gasteiger partial charge in [0.05, 0.1) is 12.6 Å². The monoisotopic (exact) mass is 292 g/mol. The van der Waals surface area contributed by atoms with Crippen LogP contribution in [0.3, 0.4) is 0 Å². The highest BCUT2D eigenvalue weighted by Gasteiger charge is 2.30. The Labute approximate surface area is 125 Å². The topological polar surface area (TPSA) is 68.3 Å². The molecule has 2 N–H and O–H groups in total. The van der Waals surface area contributed by atoms with Crippen LogP contribution in [0.2, 0.25) is 0 Å². The predicted octanol–water partition coefficient (Wildman–Crippen LogP) is 1.82. The molecule has 2 atom stereocenters. The average Bonchev–Trinajstić information content (AvgIpc) is 3.30. The smallest absolute Gasteiger partial charge is 0.225 e. The van der Waals surface area contributed by atoms with Crippen LogP contribution in [-0.2, 0) is 9.47 Å². The minimum atomic E-state index is 0.0847. The second kappa shape index (κ2) is 6.58. The Kier molecular flexibility index (Phi) is 4.55. The fourth-order valence-corrected chi connectivity index (χ4v) is 2.51. The first-order valence-corrected chi connectivity index (χ1v) is 7.74. The molecule has 21 heavy (non-hydrogen) atoms. The first-order valence-electron chi connectivity index (χ1n) is 7.74. The zero-order valence-corrected chi connectivity index (χ0v) is 12.8. The molecule has 1 aromatic rings. The summed E-state index contributed by atoms with van der Waals surface area (Å²) in [5.41, 5.74) is 0.944. The maximum atomic E-state index is 6.02. The minimum Gasteiger partial charge on any atom is -0.379 e. The summed E-state index contributed by atoms with van der Waals surface area (Å²) in [6.45, 7) is 4.22. The number of aromatic nitrogens is 2. The third-order valence-corrected chi connectivity index (χ3v) is 3.97. The van der Waals surface area contributed by atoms with E-state index in [0.29, 0.717) is 12.6 Å². The molecule has 1 aliphatic heterocycles. The maximum absolute atomic E-state index is 6.02. The van der Waals surface area contributed by atoms with Gasteiger partial charge in [-0.15, -0.1) is 0 Å². The summed E-state index contributed by atoms with van der Waals surface area (Å²) in [5, 5.41) is 6.48. The zero-order valence-electron chi connectivity index (χ0n) is 12.8. The van der Waals surface area contributed by atoms with Gasteiger partial charge in [-0.1, -0.05) is 0 Å². The van der Waals surface area contributed by atoms with Crippen molar-refractivity contribution in [1.82, 2.24) is 9.97 Å². The maximum Gasteiger partial charge on any atom is 0.225 e. The van der Waals surface area contributed by atoms with E-state index in [1.54, 1.807) is 0 Å². The first-order chi connectivity index (χ1) is 10.2. The summed E-state index contributed by atoms with van der Waals surface area (Å²) in [4.78, 5) is 8.92. The molecule has 2 heterocycles. The van der Waals surface area contributed by atoms with Crippen LogP contribution in [0.25, 0.3) is 0 Å². The lowest BCUT2D eigenvalue weighted by Gasteiger charge is -2.32. The van der Waals surface area contributed by atoms with Crippen LogP contribution >= 0.6 is 0 Å². The Morgan fingerprint density at radius 3 is 2.95 bits per heavy atom. The molecule has 0 bridgehead atoms. The van der Waals surface area contributed by atoms with Gasteiger partial charge < -0.3 is 20.1 Å². The van der Waals surface area contributed by atoms with Crippen molar-refractivity contribution in [2.75, 3.05) is 37.5 Å². The highest BCUT2D eigenvalue weighted by molar-refractivity contribution is 5.42. The van der Waals surface area contributed by atoms with Gasteiger partial charge >= 0.3 is 0 Å². The van der Waals surface area contributed by atoms with Crippen molar-refractivity contribution in [3.05, 3.63) is 11.8 Å². The number of hydrogen-bond acceptors (Lipinski definition) is 6. The Bertz CT molecular complexity index is 479. The second-order valence-corrected chi connectivity index (χ2v) is 5.90. The van der Waals surface area contributed by atoms with E-state index in [4.69, 9.17) is 9.47 Å². The van der Waals surface area contributed by atoms with Gasteiger partial charge in [-0.05, 0) is 32.1 Å². The van der Waals surface area contributed by atoms with E-state index < -0.39 is 0 Å². The highest BCUT2D eigenvalue weighted by Crippen LogP contribution is 2.30. The molecule has 1 saturated heterocycles. The standard InChI is InChI=1S/C15H24N4O2/c1-10-7-14(16-2)19-15(17-10)18-12-5-6-20-9-13(12)21-8-11-3-4-11/h7,11-13H,3-6,8-9H2,1-2H3,(H2,16,17,18,19)/t12-,13-/m1/s1. The van der Waals surface area contributed by atoms with Crippen LogP contribution in [0.4, 0.5) is 11.8 Å². The van der Waals surface area contributed by atoms with Gasteiger partial charge in [-0.25, -0.2) is 4.98 Å². The van der Waals surface area contributed by atoms with E-state index >= 15 is 0 Å². The molecule has 2 fully saturated rings. The largest absolute Gasteiger partial charge is 0.379 e. The molecule has 6 nitrogen and oxygen atoms in total. The fraction of sp³-hybridized carbons (Fsp3) is 0.733. The number of ether oxygens (including phenoxy) is 2. The van der Waals surface area contributed by atoms with Gasteiger partial charge in [0.25, 0.3) is 0 Å². The van der Waals surface area contributed by atoms with E-state index in [9.17, 15) is 0 Å². The molecule has 3 rings (SSSR count). The number of hydrogen-bond donors (Lipinski definition) is 2. The quantitative estimate of drug-likeness (QED) is 0.833. The zero-order chi connectivity index (χ0) is 14.7. The van der Waals surface area contributed by atoms with Gasteiger partial charge in [0.1, 0.15) is 11.9 Å². The molecule has 0 radical (unpaired) electrons. The number of nitrogens with zero attached hydrogens (tertiary/aromatic N) is 2. The number of nitrogens with one attached hydrogen (secondary N) is 2. The van der Waals surface area contributed by atoms with Crippen LogP contribution in [0.1, 0.15) is 25.0 Å². The van der Waals surface area contributed by atoms with Crippen LogP contribution < -0.4 is 10.6 Å². The molecule has 0 spiro atoms. The van der Waals surface area contributed by atoms with Gasteiger partial charge in [-0.3, -0.25) is 0 Å². The minimum absolute atomic E-state index is 0.0847. The highest BCUT2D eigenvalue weighted by atomic mass is 16.5. The van der Waals surface area contributed by atoms with Crippen molar-refractivity contribution in [2.45, 2.75) is 38.3 Å². The Hall–Kier alpha value is -1.40. The number of aryl methyl sites for hydroxylation is 1. The van der Waals surface area contributed by atoms with Crippen molar-refractivity contribution >= 4 is 11.8 Å². The molecule has 1 saturated carbocycles. The average molecular weight is 292 g/mol. The molecule has 1 aliphatic carbocycles. The van der Waals surface area contributed by atoms with Gasteiger partial charge in [-0.2, -0.15) is 4.98 Å². The Balaban J connectivity index is 1.63. The first kappa shape index (κ1) is 14.5. The molecular weight excluding hydrogens is 268 g/mol. The lowest BCUT2D eigenvalue weighted by molar-refractivity contribution is -0.0598. The summed E-state index contributed by atoms with van der Waals surface area (Å²) in [5.74, 6) is 2.25. The third kappa shape index (κ3) is 4.04. The molecule has 0 amide bonds. The second-order valence-electron chi connectivity index (χ2n) is 5.90. The van der Waals surface area contributed by atoms with Crippen LogP contribution in [0, 0.1) is 12.8 Å². The van der Waals surface area contributed by atoms with Crippen molar-refractivity contribution in [1.29, 1.82) is 0 Å². The molecule has 0 unspecified atom stereocenters. The molecule has 1 aromatic heterocycles. The van der Waals surface area contributed by atoms with E-state index in [0.717, 1.165) is 37.1 Å². The van der Waals surface area contributed by atoms with Crippen molar-refractivity contribution in [2.24, 2.45) is 5.92 Å². The molecule has 116 valence electrons. The summed E-state index contributed by atoms with van der Waals surface area (Å²) in [6.07, 6.45) is 3.61. The summed E-state index contributed by atoms with van der Waals surface area (Å²) in [7, 11) is 1.86. The van der Waals surface area contributed by atoms with Gasteiger partial charge in [0.15, 0.2) is 0 Å². The number of rotatable bonds is 6. The van der Waals surface area contributed by atoms with Crippen LogP contribution in [-0.4, -0.2) is 49.0 Å².